The fraction of sp³-hybridized carbons (Fsp3) is 0.214. The van der Waals surface area contributed by atoms with Gasteiger partial charge in [0.05, 0.1) is 11.3 Å². The van der Waals surface area contributed by atoms with Crippen molar-refractivity contribution in [1.29, 1.82) is 0 Å². The second-order valence-electron chi connectivity index (χ2n) is 3.97. The molecule has 1 heterocycles. The number of nitrogens with one attached hydrogen (secondary N) is 1. The van der Waals surface area contributed by atoms with Crippen LogP contribution >= 0.6 is 0 Å². The van der Waals surface area contributed by atoms with E-state index < -0.39 is 0 Å². The SMILES string of the molecule is C=CCC1NC(=O)c2ccccc2N1CC=C. The third-order valence-electron chi connectivity index (χ3n) is 2.85. The molecular formula is C14H16N2O. The number of rotatable bonds is 4. The Bertz CT molecular complexity index is 453. The number of carbonyl (C=O) groups is 1. The lowest BCUT2D eigenvalue weighted by molar-refractivity contribution is 0.0928. The van der Waals surface area contributed by atoms with Gasteiger partial charge in [0.25, 0.3) is 5.91 Å². The molecular weight excluding hydrogens is 212 g/mol. The van der Waals surface area contributed by atoms with Gasteiger partial charge in [-0.3, -0.25) is 4.79 Å². The molecule has 1 atom stereocenters. The highest BCUT2D eigenvalue weighted by Gasteiger charge is 2.28. The maximum absolute atomic E-state index is 11.9. The Balaban J connectivity index is 2.42. The molecule has 0 radical (unpaired) electrons. The van der Waals surface area contributed by atoms with Crippen LogP contribution in [-0.4, -0.2) is 18.6 Å². The zero-order valence-electron chi connectivity index (χ0n) is 9.73. The summed E-state index contributed by atoms with van der Waals surface area (Å²) < 4.78 is 0. The second-order valence-corrected chi connectivity index (χ2v) is 3.97. The van der Waals surface area contributed by atoms with E-state index >= 15 is 0 Å². The summed E-state index contributed by atoms with van der Waals surface area (Å²) in [5.74, 6) is -0.0206. The number of amides is 1. The lowest BCUT2D eigenvalue weighted by Gasteiger charge is -2.38. The van der Waals surface area contributed by atoms with Gasteiger partial charge in [0.1, 0.15) is 6.17 Å². The fourth-order valence-electron chi connectivity index (χ4n) is 2.10. The Morgan fingerprint density at radius 3 is 2.76 bits per heavy atom. The van der Waals surface area contributed by atoms with Crippen LogP contribution in [0, 0.1) is 0 Å². The number of hydrogen-bond acceptors (Lipinski definition) is 2. The van der Waals surface area contributed by atoms with Gasteiger partial charge < -0.3 is 10.2 Å². The first-order valence-electron chi connectivity index (χ1n) is 5.66. The van der Waals surface area contributed by atoms with Gasteiger partial charge in [0.2, 0.25) is 0 Å². The maximum Gasteiger partial charge on any atom is 0.254 e. The maximum atomic E-state index is 11.9. The molecule has 2 rings (SSSR count). The van der Waals surface area contributed by atoms with E-state index in [1.165, 1.54) is 0 Å². The highest BCUT2D eigenvalue weighted by Crippen LogP contribution is 2.26. The summed E-state index contributed by atoms with van der Waals surface area (Å²) in [6.07, 6.45) is 4.33. The molecule has 1 aromatic rings. The number of nitrogens with zero attached hydrogens (tertiary/aromatic N) is 1. The first-order chi connectivity index (χ1) is 8.27. The third kappa shape index (κ3) is 2.09. The lowest BCUT2D eigenvalue weighted by Crippen LogP contribution is -2.52. The van der Waals surface area contributed by atoms with Crippen LogP contribution in [0.4, 0.5) is 5.69 Å². The minimum Gasteiger partial charge on any atom is -0.347 e. The van der Waals surface area contributed by atoms with Crippen molar-refractivity contribution in [1.82, 2.24) is 5.32 Å². The summed E-state index contributed by atoms with van der Waals surface area (Å²) in [5.41, 5.74) is 1.68. The quantitative estimate of drug-likeness (QED) is 0.802. The van der Waals surface area contributed by atoms with Crippen molar-refractivity contribution in [2.75, 3.05) is 11.4 Å². The van der Waals surface area contributed by atoms with Crippen molar-refractivity contribution < 1.29 is 4.79 Å². The van der Waals surface area contributed by atoms with Crippen molar-refractivity contribution in [3.63, 3.8) is 0 Å². The van der Waals surface area contributed by atoms with Crippen molar-refractivity contribution in [2.45, 2.75) is 12.6 Å². The molecule has 0 bridgehead atoms. The molecule has 0 spiro atoms. The number of anilines is 1. The third-order valence-corrected chi connectivity index (χ3v) is 2.85. The van der Waals surface area contributed by atoms with Crippen LogP contribution in [0.1, 0.15) is 16.8 Å². The molecule has 88 valence electrons. The highest BCUT2D eigenvalue weighted by molar-refractivity contribution is 6.02. The van der Waals surface area contributed by atoms with Gasteiger partial charge in [-0.1, -0.05) is 24.3 Å². The van der Waals surface area contributed by atoms with Crippen molar-refractivity contribution in [3.05, 3.63) is 55.1 Å². The molecule has 1 aromatic carbocycles. The molecule has 0 saturated carbocycles. The van der Waals surface area contributed by atoms with E-state index in [-0.39, 0.29) is 12.1 Å². The first-order valence-corrected chi connectivity index (χ1v) is 5.66. The monoisotopic (exact) mass is 228 g/mol. The van der Waals surface area contributed by atoms with Gasteiger partial charge in [-0.2, -0.15) is 0 Å². The van der Waals surface area contributed by atoms with Gasteiger partial charge in [0.15, 0.2) is 0 Å². The van der Waals surface area contributed by atoms with E-state index in [9.17, 15) is 4.79 Å². The number of fused-ring (bicyclic) bond motifs is 1. The predicted octanol–water partition coefficient (Wildman–Crippen LogP) is 2.32. The summed E-state index contributed by atoms with van der Waals surface area (Å²) in [5, 5.41) is 2.98. The van der Waals surface area contributed by atoms with Gasteiger partial charge in [-0.25, -0.2) is 0 Å². The van der Waals surface area contributed by atoms with Crippen LogP contribution in [0.3, 0.4) is 0 Å². The van der Waals surface area contributed by atoms with E-state index in [0.717, 1.165) is 11.3 Å². The Morgan fingerprint density at radius 2 is 2.06 bits per heavy atom. The molecule has 0 aliphatic carbocycles. The molecule has 0 aromatic heterocycles. The van der Waals surface area contributed by atoms with E-state index in [1.807, 2.05) is 36.4 Å². The highest BCUT2D eigenvalue weighted by atomic mass is 16.2. The molecule has 1 N–H and O–H groups in total. The molecule has 3 nitrogen and oxygen atoms in total. The Kier molecular flexibility index (Phi) is 3.28. The zero-order chi connectivity index (χ0) is 12.3. The molecule has 1 aliphatic heterocycles. The average Bonchev–Trinajstić information content (AvgIpc) is 2.34. The van der Waals surface area contributed by atoms with Crippen molar-refractivity contribution in [2.24, 2.45) is 0 Å². The molecule has 1 aliphatic rings. The topological polar surface area (TPSA) is 32.3 Å². The summed E-state index contributed by atoms with van der Waals surface area (Å²) in [6, 6.07) is 7.62. The van der Waals surface area contributed by atoms with Crippen LogP contribution < -0.4 is 10.2 Å². The van der Waals surface area contributed by atoms with Crippen LogP contribution in [0.5, 0.6) is 0 Å². The molecule has 0 saturated heterocycles. The summed E-state index contributed by atoms with van der Waals surface area (Å²) in [4.78, 5) is 14.1. The van der Waals surface area contributed by atoms with Crippen LogP contribution in [-0.2, 0) is 0 Å². The molecule has 0 fully saturated rings. The van der Waals surface area contributed by atoms with Gasteiger partial charge in [-0.05, 0) is 12.1 Å². The second kappa shape index (κ2) is 4.87. The number of benzene rings is 1. The normalized spacial score (nSPS) is 18.2. The van der Waals surface area contributed by atoms with Gasteiger partial charge in [0, 0.05) is 13.0 Å². The largest absolute Gasteiger partial charge is 0.347 e. The number of hydrogen-bond donors (Lipinski definition) is 1. The van der Waals surface area contributed by atoms with Crippen molar-refractivity contribution in [3.8, 4) is 0 Å². The van der Waals surface area contributed by atoms with Crippen LogP contribution in [0.2, 0.25) is 0 Å². The first kappa shape index (κ1) is 11.5. The Labute approximate surface area is 101 Å². The van der Waals surface area contributed by atoms with E-state index in [1.54, 1.807) is 0 Å². The zero-order valence-corrected chi connectivity index (χ0v) is 9.73. The van der Waals surface area contributed by atoms with Crippen LogP contribution in [0.15, 0.2) is 49.6 Å². The average molecular weight is 228 g/mol. The fourth-order valence-corrected chi connectivity index (χ4v) is 2.10. The van der Waals surface area contributed by atoms with Gasteiger partial charge in [-0.15, -0.1) is 13.2 Å². The van der Waals surface area contributed by atoms with E-state index in [4.69, 9.17) is 0 Å². The molecule has 17 heavy (non-hydrogen) atoms. The van der Waals surface area contributed by atoms with E-state index in [2.05, 4.69) is 23.4 Å². The Morgan fingerprint density at radius 1 is 1.29 bits per heavy atom. The molecule has 3 heteroatoms. The number of carbonyl (C=O) groups excluding carboxylic acids is 1. The van der Waals surface area contributed by atoms with Gasteiger partial charge >= 0.3 is 0 Å². The van der Waals surface area contributed by atoms with Crippen LogP contribution in [0.25, 0.3) is 0 Å². The summed E-state index contributed by atoms with van der Waals surface area (Å²) >= 11 is 0. The summed E-state index contributed by atoms with van der Waals surface area (Å²) in [7, 11) is 0. The minimum atomic E-state index is -0.0344. The standard InChI is InChI=1S/C14H16N2O/c1-3-7-13-15-14(17)11-8-5-6-9-12(11)16(13)10-4-2/h3-6,8-9,13H,1-2,7,10H2,(H,15,17). The van der Waals surface area contributed by atoms with E-state index in [0.29, 0.717) is 13.0 Å². The lowest BCUT2D eigenvalue weighted by atomic mass is 10.1. The smallest absolute Gasteiger partial charge is 0.254 e. The molecule has 1 amide bonds. The number of para-hydroxylation sites is 1. The van der Waals surface area contributed by atoms with Crippen molar-refractivity contribution >= 4 is 11.6 Å². The Hall–Kier alpha value is -2.03. The predicted molar refractivity (Wildman–Crippen MR) is 70.1 cm³/mol. The minimum absolute atomic E-state index is 0.0206. The summed E-state index contributed by atoms with van der Waals surface area (Å²) in [6.45, 7) is 8.19. The molecule has 1 unspecified atom stereocenters.